The zero-order chi connectivity index (χ0) is 30.3. The highest BCUT2D eigenvalue weighted by Gasteiger charge is 2.21. The second-order valence-corrected chi connectivity index (χ2v) is 10.1. The average Bonchev–Trinajstić information content (AvgIpc) is 3.67. The molecular weight excluding hydrogens is 572 g/mol. The summed E-state index contributed by atoms with van der Waals surface area (Å²) in [5.74, 6) is 0.709. The highest BCUT2D eigenvalue weighted by molar-refractivity contribution is 6.30. The number of carbonyl (C=O) groups is 1. The molecular formula is C31H31ClN6O5. The molecule has 0 unspecified atom stereocenters. The van der Waals surface area contributed by atoms with Gasteiger partial charge < -0.3 is 23.9 Å². The number of carbonyl (C=O) groups excluding carboxylic acids is 1. The molecule has 0 aliphatic heterocycles. The van der Waals surface area contributed by atoms with E-state index in [0.717, 1.165) is 47.3 Å². The second kappa shape index (κ2) is 13.4. The highest BCUT2D eigenvalue weighted by Crippen LogP contribution is 2.37. The minimum atomic E-state index is -0.625. The maximum Gasteiger partial charge on any atom is 0.338 e. The number of methoxy groups -OCH3 is 2. The van der Waals surface area contributed by atoms with Gasteiger partial charge in [0.2, 0.25) is 11.6 Å². The topological polar surface area (TPSA) is 137 Å². The Labute approximate surface area is 253 Å². The summed E-state index contributed by atoms with van der Waals surface area (Å²) in [6.07, 6.45) is 2.66. The van der Waals surface area contributed by atoms with Gasteiger partial charge >= 0.3 is 5.97 Å². The molecule has 5 rings (SSSR count). The first-order valence-corrected chi connectivity index (χ1v) is 14.1. The number of halogens is 1. The number of aryl methyl sites for hydroxylation is 1. The van der Waals surface area contributed by atoms with Crippen LogP contribution in [0.5, 0.6) is 17.2 Å². The summed E-state index contributed by atoms with van der Waals surface area (Å²) in [6.45, 7) is 2.50. The zero-order valence-electron chi connectivity index (χ0n) is 24.0. The molecule has 2 N–H and O–H groups in total. The van der Waals surface area contributed by atoms with Crippen LogP contribution >= 0.6 is 11.6 Å². The van der Waals surface area contributed by atoms with Gasteiger partial charge in [-0.1, -0.05) is 73.5 Å². The van der Waals surface area contributed by atoms with Gasteiger partial charge in [0.1, 0.15) is 12.4 Å². The monoisotopic (exact) mass is 602 g/mol. The van der Waals surface area contributed by atoms with Gasteiger partial charge in [0.25, 0.3) is 0 Å². The highest BCUT2D eigenvalue weighted by atomic mass is 35.5. The number of nitrogens with zero attached hydrogens (tertiary/aromatic N) is 5. The maximum absolute atomic E-state index is 13.0. The number of unbranched alkanes of at least 4 members (excludes halogenated alkanes) is 1. The molecule has 0 saturated carbocycles. The summed E-state index contributed by atoms with van der Waals surface area (Å²) >= 11 is 6.60. The normalized spacial score (nSPS) is 11.0. The van der Waals surface area contributed by atoms with Gasteiger partial charge in [0.05, 0.1) is 25.5 Å². The number of hydrogen-bond acceptors (Lipinski definition) is 9. The Kier molecular flexibility index (Phi) is 9.21. The van der Waals surface area contributed by atoms with E-state index in [-0.39, 0.29) is 34.6 Å². The number of benzene rings is 3. The maximum atomic E-state index is 13.0. The second-order valence-electron chi connectivity index (χ2n) is 9.74. The van der Waals surface area contributed by atoms with E-state index < -0.39 is 5.97 Å². The summed E-state index contributed by atoms with van der Waals surface area (Å²) < 4.78 is 18.0. The van der Waals surface area contributed by atoms with E-state index >= 15 is 0 Å². The molecule has 5 aromatic rings. The summed E-state index contributed by atoms with van der Waals surface area (Å²) in [7, 11) is 2.78. The average molecular weight is 603 g/mol. The lowest BCUT2D eigenvalue weighted by molar-refractivity contribution is 0.0463. The Morgan fingerprint density at radius 2 is 1.72 bits per heavy atom. The van der Waals surface area contributed by atoms with Crippen LogP contribution in [-0.4, -0.2) is 55.5 Å². The third-order valence-electron chi connectivity index (χ3n) is 7.03. The quantitative estimate of drug-likeness (QED) is 0.168. The first-order valence-electron chi connectivity index (χ1n) is 13.7. The fourth-order valence-corrected chi connectivity index (χ4v) is 5.02. The van der Waals surface area contributed by atoms with Gasteiger partial charge in [0.15, 0.2) is 16.7 Å². The summed E-state index contributed by atoms with van der Waals surface area (Å²) in [4.78, 5) is 17.6. The smallest absolute Gasteiger partial charge is 0.338 e. The molecule has 0 aliphatic carbocycles. The number of esters is 1. The lowest BCUT2D eigenvalue weighted by Gasteiger charge is -2.14. The molecule has 0 fully saturated rings. The van der Waals surface area contributed by atoms with E-state index in [1.54, 1.807) is 0 Å². The lowest BCUT2D eigenvalue weighted by atomic mass is 9.98. The van der Waals surface area contributed by atoms with E-state index in [9.17, 15) is 9.90 Å². The summed E-state index contributed by atoms with van der Waals surface area (Å²) in [5.41, 5.74) is 4.64. The Morgan fingerprint density at radius 3 is 2.35 bits per heavy atom. The first-order chi connectivity index (χ1) is 20.9. The van der Waals surface area contributed by atoms with Gasteiger partial charge in [-0.25, -0.2) is 9.78 Å². The third kappa shape index (κ3) is 6.46. The van der Waals surface area contributed by atoms with Gasteiger partial charge in [-0.3, -0.25) is 0 Å². The molecule has 11 nitrogen and oxygen atoms in total. The molecule has 0 spiro atoms. The van der Waals surface area contributed by atoms with E-state index in [1.165, 1.54) is 26.4 Å². The lowest BCUT2D eigenvalue weighted by Crippen LogP contribution is -2.13. The molecule has 0 radical (unpaired) electrons. The van der Waals surface area contributed by atoms with E-state index in [1.807, 2.05) is 53.1 Å². The molecule has 0 atom stereocenters. The third-order valence-corrected chi connectivity index (χ3v) is 7.33. The SMILES string of the molecule is CCCCc1nc(Cl)c(COC(=O)c2cc(OC)c(O)c(OC)c2)n1Cc1ccc(-c2ccccc2-c2nn[nH]n2)cc1. The fourth-order valence-electron chi connectivity index (χ4n) is 4.76. The van der Waals surface area contributed by atoms with Crippen molar-refractivity contribution >= 4 is 17.6 Å². The number of ether oxygens (including phenoxy) is 3. The largest absolute Gasteiger partial charge is 0.502 e. The Morgan fingerprint density at radius 1 is 1.02 bits per heavy atom. The van der Waals surface area contributed by atoms with Crippen LogP contribution in [-0.2, 0) is 24.3 Å². The zero-order valence-corrected chi connectivity index (χ0v) is 24.8. The Hall–Kier alpha value is -4.90. The number of phenols is 1. The van der Waals surface area contributed by atoms with Crippen LogP contribution in [0, 0.1) is 0 Å². The molecule has 2 heterocycles. The molecule has 0 aliphatic rings. The number of rotatable bonds is 12. The Bertz CT molecular complexity index is 1680. The Balaban J connectivity index is 1.39. The summed E-state index contributed by atoms with van der Waals surface area (Å²) in [5, 5.41) is 24.9. The first kappa shape index (κ1) is 29.6. The number of hydrogen-bond donors (Lipinski definition) is 2. The van der Waals surface area contributed by atoms with Crippen LogP contribution in [0.15, 0.2) is 60.7 Å². The molecule has 2 aromatic heterocycles. The minimum Gasteiger partial charge on any atom is -0.502 e. The van der Waals surface area contributed by atoms with Crippen molar-refractivity contribution in [2.45, 2.75) is 39.3 Å². The molecule has 12 heteroatoms. The molecule has 43 heavy (non-hydrogen) atoms. The van der Waals surface area contributed by atoms with Crippen LogP contribution in [0.2, 0.25) is 5.15 Å². The molecule has 0 bridgehead atoms. The number of nitrogens with one attached hydrogen (secondary N) is 1. The molecule has 0 saturated heterocycles. The van der Waals surface area contributed by atoms with Crippen molar-refractivity contribution in [3.05, 3.63) is 88.5 Å². The number of aromatic hydroxyl groups is 1. The number of imidazole rings is 1. The van der Waals surface area contributed by atoms with Gasteiger partial charge in [-0.05, 0) is 40.5 Å². The van der Waals surface area contributed by atoms with Crippen LogP contribution in [0.3, 0.4) is 0 Å². The van der Waals surface area contributed by atoms with Crippen molar-refractivity contribution in [1.29, 1.82) is 0 Å². The van der Waals surface area contributed by atoms with Crippen molar-refractivity contribution in [2.24, 2.45) is 0 Å². The standard InChI is InChI=1S/C31H31ClN6O5/c1-4-5-10-27-33-29(32)24(18-43-31(40)21-15-25(41-2)28(39)26(16-21)42-3)38(27)17-19-11-13-20(14-12-19)22-8-6-7-9-23(22)30-34-36-37-35-30/h6-9,11-16,39H,4-5,10,17-18H2,1-3H3,(H,34,35,36,37). The fraction of sp³-hybridized carbons (Fsp3) is 0.258. The number of phenolic OH excluding ortho intramolecular Hbond substituents is 1. The summed E-state index contributed by atoms with van der Waals surface area (Å²) in [6, 6.07) is 18.9. The van der Waals surface area contributed by atoms with Crippen LogP contribution in [0.1, 0.15) is 47.2 Å². The predicted octanol–water partition coefficient (Wildman–Crippen LogP) is 5.85. The molecule has 0 amide bonds. The van der Waals surface area contributed by atoms with Crippen LogP contribution in [0.4, 0.5) is 0 Å². The number of H-pyrrole nitrogens is 1. The number of aromatic nitrogens is 6. The van der Waals surface area contributed by atoms with E-state index in [4.69, 9.17) is 25.8 Å². The van der Waals surface area contributed by atoms with Crippen molar-refractivity contribution < 1.29 is 24.1 Å². The number of tetrazole rings is 1. The van der Waals surface area contributed by atoms with Crippen LogP contribution < -0.4 is 9.47 Å². The van der Waals surface area contributed by atoms with Crippen molar-refractivity contribution in [3.63, 3.8) is 0 Å². The molecule has 222 valence electrons. The van der Waals surface area contributed by atoms with E-state index in [2.05, 4.69) is 32.5 Å². The molecule has 3 aromatic carbocycles. The minimum absolute atomic E-state index is 0.0968. The van der Waals surface area contributed by atoms with Crippen molar-refractivity contribution in [1.82, 2.24) is 30.2 Å². The predicted molar refractivity (Wildman–Crippen MR) is 160 cm³/mol. The van der Waals surface area contributed by atoms with Gasteiger partial charge in [0, 0.05) is 18.5 Å². The van der Waals surface area contributed by atoms with E-state index in [0.29, 0.717) is 18.1 Å². The van der Waals surface area contributed by atoms with Gasteiger partial charge in [-0.2, -0.15) is 5.21 Å². The van der Waals surface area contributed by atoms with Crippen molar-refractivity contribution in [2.75, 3.05) is 14.2 Å². The van der Waals surface area contributed by atoms with Gasteiger partial charge in [-0.15, -0.1) is 10.2 Å². The number of aromatic amines is 1. The van der Waals surface area contributed by atoms with Crippen molar-refractivity contribution in [3.8, 4) is 39.8 Å². The van der Waals surface area contributed by atoms with Crippen LogP contribution in [0.25, 0.3) is 22.5 Å².